The zero-order chi connectivity index (χ0) is 15.1. The van der Waals surface area contributed by atoms with Crippen LogP contribution in [0.4, 0.5) is 0 Å². The van der Waals surface area contributed by atoms with Gasteiger partial charge in [-0.25, -0.2) is 0 Å². The van der Waals surface area contributed by atoms with Gasteiger partial charge in [0.05, 0.1) is 6.04 Å². The van der Waals surface area contributed by atoms with Crippen LogP contribution in [-0.4, -0.2) is 17.7 Å². The van der Waals surface area contributed by atoms with Crippen LogP contribution in [0.25, 0.3) is 0 Å². The number of ketones is 1. The minimum atomic E-state index is -0.161. The molecular weight excluding hydrogens is 250 g/mol. The second kappa shape index (κ2) is 8.23. The molecule has 0 aromatic carbocycles. The molecule has 0 aromatic heterocycles. The Kier molecular flexibility index (Phi) is 6.97. The van der Waals surface area contributed by atoms with Gasteiger partial charge in [0.25, 0.3) is 0 Å². The third-order valence-corrected chi connectivity index (χ3v) is 4.12. The van der Waals surface area contributed by atoms with E-state index in [4.69, 9.17) is 0 Å². The van der Waals surface area contributed by atoms with Crippen molar-refractivity contribution in [1.82, 2.24) is 5.32 Å². The van der Waals surface area contributed by atoms with Crippen LogP contribution in [0.2, 0.25) is 0 Å². The van der Waals surface area contributed by atoms with Gasteiger partial charge in [-0.3, -0.25) is 9.59 Å². The SMILES string of the molecule is C=C(C(=O)CC)C(CC1CC1)NC(=O)C(C)CCCC. The second-order valence-electron chi connectivity index (χ2n) is 6.09. The minimum absolute atomic E-state index is 0.0150. The summed E-state index contributed by atoms with van der Waals surface area (Å²) < 4.78 is 0. The van der Waals surface area contributed by atoms with E-state index in [0.717, 1.165) is 25.7 Å². The van der Waals surface area contributed by atoms with Crippen LogP contribution < -0.4 is 5.32 Å². The molecular formula is C17H29NO2. The first kappa shape index (κ1) is 16.9. The third-order valence-electron chi connectivity index (χ3n) is 4.12. The lowest BCUT2D eigenvalue weighted by Crippen LogP contribution is -2.41. The maximum Gasteiger partial charge on any atom is 0.223 e. The summed E-state index contributed by atoms with van der Waals surface area (Å²) >= 11 is 0. The van der Waals surface area contributed by atoms with Crippen molar-refractivity contribution < 1.29 is 9.59 Å². The Labute approximate surface area is 123 Å². The zero-order valence-corrected chi connectivity index (χ0v) is 13.2. The molecule has 0 bridgehead atoms. The van der Waals surface area contributed by atoms with Gasteiger partial charge in [-0.15, -0.1) is 0 Å². The molecule has 0 radical (unpaired) electrons. The van der Waals surface area contributed by atoms with Gasteiger partial charge in [0.1, 0.15) is 0 Å². The van der Waals surface area contributed by atoms with Gasteiger partial charge in [0, 0.05) is 17.9 Å². The number of hydrogen-bond donors (Lipinski definition) is 1. The lowest BCUT2D eigenvalue weighted by molar-refractivity contribution is -0.125. The summed E-state index contributed by atoms with van der Waals surface area (Å²) in [6.07, 6.45) is 6.84. The van der Waals surface area contributed by atoms with Gasteiger partial charge < -0.3 is 5.32 Å². The molecule has 0 saturated heterocycles. The number of Topliss-reactive ketones (excluding diaryl/α,β-unsaturated/α-hetero) is 1. The fraction of sp³-hybridized carbons (Fsp3) is 0.765. The second-order valence-corrected chi connectivity index (χ2v) is 6.09. The highest BCUT2D eigenvalue weighted by Crippen LogP contribution is 2.35. The van der Waals surface area contributed by atoms with Crippen LogP contribution in [0, 0.1) is 11.8 Å². The van der Waals surface area contributed by atoms with E-state index in [1.165, 1.54) is 12.8 Å². The molecule has 2 atom stereocenters. The van der Waals surface area contributed by atoms with Gasteiger partial charge in [-0.05, 0) is 18.8 Å². The molecule has 3 heteroatoms. The standard InChI is InChI=1S/C17H29NO2/c1-5-7-8-12(3)17(20)18-15(11-14-9-10-14)13(4)16(19)6-2/h12,14-15H,4-11H2,1-3H3,(H,18,20). The van der Waals surface area contributed by atoms with Crippen LogP contribution in [-0.2, 0) is 9.59 Å². The number of carbonyl (C=O) groups excluding carboxylic acids is 2. The lowest BCUT2D eigenvalue weighted by atomic mass is 9.96. The van der Waals surface area contributed by atoms with Crippen LogP contribution in [0.15, 0.2) is 12.2 Å². The first-order chi connectivity index (χ1) is 9.49. The number of rotatable bonds is 10. The minimum Gasteiger partial charge on any atom is -0.349 e. The van der Waals surface area contributed by atoms with Crippen LogP contribution in [0.1, 0.15) is 65.7 Å². The maximum atomic E-state index is 12.2. The summed E-state index contributed by atoms with van der Waals surface area (Å²) in [7, 11) is 0. The monoisotopic (exact) mass is 279 g/mol. The molecule has 114 valence electrons. The van der Waals surface area contributed by atoms with Gasteiger partial charge >= 0.3 is 0 Å². The number of nitrogens with one attached hydrogen (secondary N) is 1. The molecule has 0 aliphatic heterocycles. The Hall–Kier alpha value is -1.12. The van der Waals surface area contributed by atoms with Crippen molar-refractivity contribution in [3.8, 4) is 0 Å². The summed E-state index contributed by atoms with van der Waals surface area (Å²) in [5, 5.41) is 3.05. The fourth-order valence-electron chi connectivity index (χ4n) is 2.35. The molecule has 20 heavy (non-hydrogen) atoms. The number of carbonyl (C=O) groups is 2. The number of amides is 1. The quantitative estimate of drug-likeness (QED) is 0.621. The highest BCUT2D eigenvalue weighted by molar-refractivity contribution is 5.96. The van der Waals surface area contributed by atoms with E-state index in [9.17, 15) is 9.59 Å². The molecule has 1 amide bonds. The normalized spacial score (nSPS) is 17.4. The smallest absolute Gasteiger partial charge is 0.223 e. The van der Waals surface area contributed by atoms with E-state index in [1.54, 1.807) is 0 Å². The summed E-state index contributed by atoms with van der Waals surface area (Å²) in [6, 6.07) is -0.161. The molecule has 1 rings (SSSR count). The molecule has 0 spiro atoms. The Morgan fingerprint density at radius 2 is 1.95 bits per heavy atom. The molecule has 1 aliphatic rings. The van der Waals surface area contributed by atoms with Crippen molar-refractivity contribution in [2.45, 2.75) is 71.8 Å². The molecule has 2 unspecified atom stereocenters. The molecule has 0 heterocycles. The topological polar surface area (TPSA) is 46.2 Å². The van der Waals surface area contributed by atoms with Gasteiger partial charge in [-0.1, -0.05) is 53.0 Å². The Morgan fingerprint density at radius 1 is 1.30 bits per heavy atom. The summed E-state index contributed by atoms with van der Waals surface area (Å²) in [4.78, 5) is 24.0. The molecule has 1 fully saturated rings. The molecule has 1 saturated carbocycles. The predicted octanol–water partition coefficient (Wildman–Crippen LogP) is 3.63. The molecule has 3 nitrogen and oxygen atoms in total. The van der Waals surface area contributed by atoms with E-state index in [0.29, 0.717) is 17.9 Å². The van der Waals surface area contributed by atoms with Crippen molar-refractivity contribution in [2.24, 2.45) is 11.8 Å². The molecule has 1 aliphatic carbocycles. The van der Waals surface area contributed by atoms with Crippen LogP contribution in [0.3, 0.4) is 0 Å². The third kappa shape index (κ3) is 5.48. The zero-order valence-electron chi connectivity index (χ0n) is 13.2. The number of unbranched alkanes of at least 4 members (excludes halogenated alkanes) is 1. The molecule has 1 N–H and O–H groups in total. The van der Waals surface area contributed by atoms with Crippen molar-refractivity contribution >= 4 is 11.7 Å². The van der Waals surface area contributed by atoms with Crippen molar-refractivity contribution in [2.75, 3.05) is 0 Å². The molecule has 0 aromatic rings. The average molecular weight is 279 g/mol. The summed E-state index contributed by atoms with van der Waals surface area (Å²) in [5.41, 5.74) is 0.579. The fourth-order valence-corrected chi connectivity index (χ4v) is 2.35. The largest absolute Gasteiger partial charge is 0.349 e. The predicted molar refractivity (Wildman–Crippen MR) is 82.4 cm³/mol. The van der Waals surface area contributed by atoms with Gasteiger partial charge in [0.15, 0.2) is 5.78 Å². The Bertz CT molecular complexity index is 358. The average Bonchev–Trinajstić information content (AvgIpc) is 3.25. The van der Waals surface area contributed by atoms with E-state index >= 15 is 0 Å². The Balaban J connectivity index is 2.56. The number of hydrogen-bond acceptors (Lipinski definition) is 2. The Morgan fingerprint density at radius 3 is 2.45 bits per heavy atom. The first-order valence-corrected chi connectivity index (χ1v) is 8.01. The van der Waals surface area contributed by atoms with Crippen molar-refractivity contribution in [3.63, 3.8) is 0 Å². The van der Waals surface area contributed by atoms with Gasteiger partial charge in [0.2, 0.25) is 5.91 Å². The highest BCUT2D eigenvalue weighted by atomic mass is 16.2. The van der Waals surface area contributed by atoms with E-state index in [-0.39, 0.29) is 23.7 Å². The van der Waals surface area contributed by atoms with E-state index in [1.807, 2.05) is 13.8 Å². The summed E-state index contributed by atoms with van der Waals surface area (Å²) in [5.74, 6) is 0.806. The van der Waals surface area contributed by atoms with Crippen molar-refractivity contribution in [3.05, 3.63) is 12.2 Å². The van der Waals surface area contributed by atoms with Crippen LogP contribution >= 0.6 is 0 Å². The lowest BCUT2D eigenvalue weighted by Gasteiger charge is -2.22. The van der Waals surface area contributed by atoms with Crippen LogP contribution in [0.5, 0.6) is 0 Å². The summed E-state index contributed by atoms with van der Waals surface area (Å²) in [6.45, 7) is 9.85. The first-order valence-electron chi connectivity index (χ1n) is 8.01. The highest BCUT2D eigenvalue weighted by Gasteiger charge is 2.30. The maximum absolute atomic E-state index is 12.2. The van der Waals surface area contributed by atoms with Gasteiger partial charge in [-0.2, -0.15) is 0 Å². The van der Waals surface area contributed by atoms with E-state index in [2.05, 4.69) is 18.8 Å². The van der Waals surface area contributed by atoms with Crippen molar-refractivity contribution in [1.29, 1.82) is 0 Å². The van der Waals surface area contributed by atoms with E-state index < -0.39 is 0 Å².